The molecule has 0 aromatic rings. The molecule has 0 bridgehead atoms. The lowest BCUT2D eigenvalue weighted by Crippen LogP contribution is -2.50. The average molecular weight is 303 g/mol. The molecule has 2 aliphatic heterocycles. The van der Waals surface area contributed by atoms with Crippen molar-refractivity contribution in [1.29, 1.82) is 0 Å². The van der Waals surface area contributed by atoms with E-state index in [9.17, 15) is 18.3 Å². The highest BCUT2D eigenvalue weighted by Gasteiger charge is 2.40. The van der Waals surface area contributed by atoms with E-state index in [0.29, 0.717) is 18.9 Å². The predicted octanol–water partition coefficient (Wildman–Crippen LogP) is 1.39. The third-order valence-electron chi connectivity index (χ3n) is 5.07. The van der Waals surface area contributed by atoms with Gasteiger partial charge in [-0.3, -0.25) is 4.79 Å². The molecule has 0 aliphatic carbocycles. The fourth-order valence-corrected chi connectivity index (χ4v) is 4.81. The van der Waals surface area contributed by atoms with Gasteiger partial charge in [-0.25, -0.2) is 8.42 Å². The maximum absolute atomic E-state index is 11.5. The topological polar surface area (TPSA) is 74.7 Å². The smallest absolute Gasteiger partial charge is 0.309 e. The van der Waals surface area contributed by atoms with Crippen molar-refractivity contribution in [2.75, 3.05) is 24.6 Å². The Kier molecular flexibility index (Phi) is 4.44. The maximum atomic E-state index is 11.5. The quantitative estimate of drug-likeness (QED) is 0.852. The lowest BCUT2D eigenvalue weighted by molar-refractivity contribution is -0.151. The van der Waals surface area contributed by atoms with Gasteiger partial charge < -0.3 is 10.0 Å². The average Bonchev–Trinajstić information content (AvgIpc) is 2.38. The van der Waals surface area contributed by atoms with E-state index in [4.69, 9.17) is 0 Å². The molecule has 20 heavy (non-hydrogen) atoms. The second-order valence-corrected chi connectivity index (χ2v) is 9.05. The number of carboxylic acids is 1. The number of hydrogen-bond acceptors (Lipinski definition) is 4. The van der Waals surface area contributed by atoms with Gasteiger partial charge in [0.2, 0.25) is 0 Å². The molecule has 5 nitrogen and oxygen atoms in total. The van der Waals surface area contributed by atoms with Crippen LogP contribution in [0.1, 0.15) is 39.5 Å². The van der Waals surface area contributed by atoms with Gasteiger partial charge in [-0.05, 0) is 52.0 Å². The zero-order valence-electron chi connectivity index (χ0n) is 12.3. The van der Waals surface area contributed by atoms with Gasteiger partial charge in [0.1, 0.15) is 9.84 Å². The van der Waals surface area contributed by atoms with Crippen LogP contribution in [0.5, 0.6) is 0 Å². The van der Waals surface area contributed by atoms with Crippen molar-refractivity contribution in [2.45, 2.75) is 45.6 Å². The Hall–Kier alpha value is -0.620. The molecule has 0 radical (unpaired) electrons. The lowest BCUT2D eigenvalue weighted by atomic mass is 9.74. The second kappa shape index (κ2) is 5.64. The summed E-state index contributed by atoms with van der Waals surface area (Å²) < 4.78 is 23.0. The van der Waals surface area contributed by atoms with Crippen LogP contribution in [0.25, 0.3) is 0 Å². The van der Waals surface area contributed by atoms with Gasteiger partial charge in [-0.2, -0.15) is 0 Å². The Morgan fingerprint density at radius 1 is 1.20 bits per heavy atom. The van der Waals surface area contributed by atoms with Crippen LogP contribution in [0, 0.1) is 11.3 Å². The molecule has 0 amide bonds. The zero-order chi connectivity index (χ0) is 15.0. The fourth-order valence-electron chi connectivity index (χ4n) is 3.34. The number of hydrogen-bond donors (Lipinski definition) is 1. The molecule has 2 fully saturated rings. The molecule has 1 atom stereocenters. The van der Waals surface area contributed by atoms with E-state index in [2.05, 4.69) is 4.90 Å². The van der Waals surface area contributed by atoms with Crippen molar-refractivity contribution in [2.24, 2.45) is 11.3 Å². The molecule has 2 aliphatic rings. The van der Waals surface area contributed by atoms with Crippen LogP contribution >= 0.6 is 0 Å². The number of aliphatic carboxylic acids is 1. The van der Waals surface area contributed by atoms with E-state index >= 15 is 0 Å². The van der Waals surface area contributed by atoms with Gasteiger partial charge in [-0.1, -0.05) is 0 Å². The Morgan fingerprint density at radius 2 is 1.80 bits per heavy atom. The normalized spacial score (nSPS) is 29.2. The molecular formula is C14H25NO4S. The molecule has 116 valence electrons. The summed E-state index contributed by atoms with van der Waals surface area (Å²) in [5.41, 5.74) is -0.709. The van der Waals surface area contributed by atoms with Gasteiger partial charge >= 0.3 is 5.97 Å². The van der Waals surface area contributed by atoms with Gasteiger partial charge in [0, 0.05) is 12.6 Å². The lowest BCUT2D eigenvalue weighted by Gasteiger charge is -2.43. The highest BCUT2D eigenvalue weighted by molar-refractivity contribution is 7.91. The Bertz CT molecular complexity index is 458. The first-order valence-electron chi connectivity index (χ1n) is 7.40. The minimum absolute atomic E-state index is 0.146. The summed E-state index contributed by atoms with van der Waals surface area (Å²) in [5.74, 6) is -0.0367. The number of likely N-dealkylation sites (tertiary alicyclic amines) is 1. The summed E-state index contributed by atoms with van der Waals surface area (Å²) in [4.78, 5) is 13.7. The van der Waals surface area contributed by atoms with Crippen LogP contribution in [0.15, 0.2) is 0 Å². The highest BCUT2D eigenvalue weighted by Crippen LogP contribution is 2.35. The Balaban J connectivity index is 1.99. The highest BCUT2D eigenvalue weighted by atomic mass is 32.2. The second-order valence-electron chi connectivity index (χ2n) is 6.74. The standard InChI is InChI=1S/C14H25NO4S/c1-14(2,13(16)17)11-4-3-7-15(10-11)12-5-8-20(18,19)9-6-12/h11-12H,3-10H2,1-2H3,(H,16,17). The number of nitrogens with zero attached hydrogens (tertiary/aromatic N) is 1. The summed E-state index contributed by atoms with van der Waals surface area (Å²) in [7, 11) is -2.83. The molecule has 0 saturated carbocycles. The molecule has 0 aromatic carbocycles. The minimum atomic E-state index is -2.83. The summed E-state index contributed by atoms with van der Waals surface area (Å²) in [6.07, 6.45) is 3.34. The van der Waals surface area contributed by atoms with Gasteiger partial charge in [0.05, 0.1) is 16.9 Å². The van der Waals surface area contributed by atoms with Crippen molar-refractivity contribution < 1.29 is 18.3 Å². The number of piperidine rings is 1. The summed E-state index contributed by atoms with van der Waals surface area (Å²) in [5, 5.41) is 9.36. The maximum Gasteiger partial charge on any atom is 0.309 e. The molecule has 0 spiro atoms. The fraction of sp³-hybridized carbons (Fsp3) is 0.929. The predicted molar refractivity (Wildman–Crippen MR) is 77.4 cm³/mol. The van der Waals surface area contributed by atoms with Crippen LogP contribution < -0.4 is 0 Å². The van der Waals surface area contributed by atoms with Gasteiger partial charge in [0.15, 0.2) is 0 Å². The molecule has 2 rings (SSSR count). The van der Waals surface area contributed by atoms with E-state index in [1.807, 2.05) is 0 Å². The molecule has 6 heteroatoms. The van der Waals surface area contributed by atoms with E-state index in [0.717, 1.165) is 25.9 Å². The van der Waals surface area contributed by atoms with E-state index in [1.54, 1.807) is 13.8 Å². The summed E-state index contributed by atoms with van der Waals surface area (Å²) >= 11 is 0. The van der Waals surface area contributed by atoms with E-state index in [1.165, 1.54) is 0 Å². The molecule has 2 saturated heterocycles. The van der Waals surface area contributed by atoms with Gasteiger partial charge in [-0.15, -0.1) is 0 Å². The van der Waals surface area contributed by atoms with Crippen molar-refractivity contribution >= 4 is 15.8 Å². The van der Waals surface area contributed by atoms with Crippen LogP contribution in [0.3, 0.4) is 0 Å². The van der Waals surface area contributed by atoms with Crippen molar-refractivity contribution in [3.05, 3.63) is 0 Å². The Labute approximate surface area is 121 Å². The van der Waals surface area contributed by atoms with Crippen molar-refractivity contribution in [1.82, 2.24) is 4.90 Å². The molecule has 1 N–H and O–H groups in total. The molecular weight excluding hydrogens is 278 g/mol. The SMILES string of the molecule is CC(C)(C(=O)O)C1CCCN(C2CCS(=O)(=O)CC2)C1. The molecule has 2 heterocycles. The van der Waals surface area contributed by atoms with Crippen LogP contribution in [0.2, 0.25) is 0 Å². The Morgan fingerprint density at radius 3 is 2.35 bits per heavy atom. The van der Waals surface area contributed by atoms with Crippen LogP contribution in [-0.4, -0.2) is 55.0 Å². The number of carboxylic acid groups (broad SMARTS) is 1. The monoisotopic (exact) mass is 303 g/mol. The zero-order valence-corrected chi connectivity index (χ0v) is 13.2. The first-order chi connectivity index (χ1) is 9.22. The van der Waals surface area contributed by atoms with E-state index < -0.39 is 21.2 Å². The van der Waals surface area contributed by atoms with Crippen LogP contribution in [-0.2, 0) is 14.6 Å². The first-order valence-corrected chi connectivity index (χ1v) is 9.22. The van der Waals surface area contributed by atoms with Crippen molar-refractivity contribution in [3.63, 3.8) is 0 Å². The largest absolute Gasteiger partial charge is 0.481 e. The number of rotatable bonds is 3. The molecule has 0 aromatic heterocycles. The third-order valence-corrected chi connectivity index (χ3v) is 6.78. The minimum Gasteiger partial charge on any atom is -0.481 e. The summed E-state index contributed by atoms with van der Waals surface area (Å²) in [6, 6.07) is 0.311. The van der Waals surface area contributed by atoms with Crippen LogP contribution in [0.4, 0.5) is 0 Å². The summed E-state index contributed by atoms with van der Waals surface area (Å²) in [6.45, 7) is 5.35. The van der Waals surface area contributed by atoms with Crippen molar-refractivity contribution in [3.8, 4) is 0 Å². The number of sulfone groups is 1. The molecule has 1 unspecified atom stereocenters. The van der Waals surface area contributed by atoms with E-state index in [-0.39, 0.29) is 17.4 Å². The van der Waals surface area contributed by atoms with Gasteiger partial charge in [0.25, 0.3) is 0 Å². The third kappa shape index (κ3) is 3.34. The first kappa shape index (κ1) is 15.8. The number of carbonyl (C=O) groups is 1.